The molecule has 0 spiro atoms. The van der Waals surface area contributed by atoms with Crippen LogP contribution in [0.3, 0.4) is 0 Å². The zero-order valence-corrected chi connectivity index (χ0v) is 19.9. The smallest absolute Gasteiger partial charge is 0.416 e. The first-order chi connectivity index (χ1) is 17.0. The van der Waals surface area contributed by atoms with Crippen molar-refractivity contribution < 1.29 is 35.1 Å². The van der Waals surface area contributed by atoms with E-state index < -0.39 is 44.4 Å². The molecule has 3 aromatic rings. The molecule has 0 radical (unpaired) electrons. The molecule has 0 aliphatic carbocycles. The number of thiocyanates is 1. The Kier molecular flexibility index (Phi) is 7.15. The van der Waals surface area contributed by atoms with E-state index >= 15 is 0 Å². The molecule has 3 aromatic carbocycles. The molecule has 1 aliphatic heterocycles. The molecule has 12 heteroatoms. The second-order valence-corrected chi connectivity index (χ2v) is 10.6. The van der Waals surface area contributed by atoms with Crippen molar-refractivity contribution in [2.24, 2.45) is 0 Å². The van der Waals surface area contributed by atoms with Gasteiger partial charge in [-0.3, -0.25) is 4.31 Å². The molecule has 188 valence electrons. The number of fused-ring (bicyclic) bond motifs is 1. The van der Waals surface area contributed by atoms with Gasteiger partial charge in [0.25, 0.3) is 10.0 Å². The van der Waals surface area contributed by atoms with Gasteiger partial charge in [0, 0.05) is 11.3 Å². The Morgan fingerprint density at radius 3 is 2.58 bits per heavy atom. The zero-order chi connectivity index (χ0) is 26.1. The summed E-state index contributed by atoms with van der Waals surface area (Å²) < 4.78 is 102. The number of nitriles is 1. The fraction of sp³-hybridized carbons (Fsp3) is 0.208. The first-order valence-corrected chi connectivity index (χ1v) is 12.9. The highest BCUT2D eigenvalue weighted by molar-refractivity contribution is 8.03. The molecule has 4 rings (SSSR count). The van der Waals surface area contributed by atoms with Crippen molar-refractivity contribution in [3.05, 3.63) is 77.9 Å². The van der Waals surface area contributed by atoms with Crippen LogP contribution >= 0.6 is 11.8 Å². The van der Waals surface area contributed by atoms with Crippen LogP contribution in [0.15, 0.2) is 65.6 Å². The topological polar surface area (TPSA) is 70.4 Å². The second kappa shape index (κ2) is 9.99. The van der Waals surface area contributed by atoms with E-state index in [0.29, 0.717) is 11.8 Å². The monoisotopic (exact) mass is 540 g/mol. The molecule has 0 saturated heterocycles. The van der Waals surface area contributed by atoms with Crippen LogP contribution in [0.2, 0.25) is 0 Å². The van der Waals surface area contributed by atoms with Crippen LogP contribution in [0, 0.1) is 22.3 Å². The summed E-state index contributed by atoms with van der Waals surface area (Å²) in [5.41, 5.74) is -1.13. The van der Waals surface area contributed by atoms with E-state index in [9.17, 15) is 30.4 Å². The molecule has 0 bridgehead atoms. The predicted molar refractivity (Wildman–Crippen MR) is 125 cm³/mol. The summed E-state index contributed by atoms with van der Waals surface area (Å²) in [5, 5.41) is 10.7. The molecule has 1 heterocycles. The van der Waals surface area contributed by atoms with Crippen molar-refractivity contribution in [1.29, 1.82) is 5.26 Å². The number of anilines is 1. The third-order valence-electron chi connectivity index (χ3n) is 5.49. The number of hydrogen-bond acceptors (Lipinski definition) is 5. The van der Waals surface area contributed by atoms with Crippen molar-refractivity contribution >= 4 is 27.5 Å². The van der Waals surface area contributed by atoms with E-state index in [1.54, 1.807) is 0 Å². The average Bonchev–Trinajstić information content (AvgIpc) is 2.84. The minimum absolute atomic E-state index is 0.0299. The van der Waals surface area contributed by atoms with Crippen molar-refractivity contribution in [3.63, 3.8) is 0 Å². The summed E-state index contributed by atoms with van der Waals surface area (Å²) in [6, 6.07) is 10.3. The number of rotatable bonds is 6. The van der Waals surface area contributed by atoms with Gasteiger partial charge in [-0.25, -0.2) is 17.2 Å². The fourth-order valence-electron chi connectivity index (χ4n) is 3.77. The molecule has 0 unspecified atom stereocenters. The minimum Gasteiger partial charge on any atom is -0.486 e. The highest BCUT2D eigenvalue weighted by Crippen LogP contribution is 2.41. The highest BCUT2D eigenvalue weighted by Gasteiger charge is 2.37. The van der Waals surface area contributed by atoms with Crippen LogP contribution in [0.5, 0.6) is 5.75 Å². The third kappa shape index (κ3) is 5.27. The van der Waals surface area contributed by atoms with Gasteiger partial charge < -0.3 is 4.74 Å². The Bertz CT molecular complexity index is 1440. The van der Waals surface area contributed by atoms with Gasteiger partial charge in [-0.05, 0) is 72.3 Å². The van der Waals surface area contributed by atoms with Crippen LogP contribution < -0.4 is 9.04 Å². The number of alkyl halides is 3. The molecular weight excluding hydrogens is 523 g/mol. The normalized spacial score (nSPS) is 15.7. The van der Waals surface area contributed by atoms with Crippen LogP contribution in [0.4, 0.5) is 27.6 Å². The summed E-state index contributed by atoms with van der Waals surface area (Å²) in [5.74, 6) is -1.01. The van der Waals surface area contributed by atoms with E-state index in [0.717, 1.165) is 52.5 Å². The number of hydrogen-bond donors (Lipinski definition) is 0. The lowest BCUT2D eigenvalue weighted by Gasteiger charge is -2.36. The highest BCUT2D eigenvalue weighted by atomic mass is 32.2. The second-order valence-electron chi connectivity index (χ2n) is 7.84. The summed E-state index contributed by atoms with van der Waals surface area (Å²) >= 11 is 0.951. The van der Waals surface area contributed by atoms with Gasteiger partial charge in [0.15, 0.2) is 0 Å². The van der Waals surface area contributed by atoms with Gasteiger partial charge in [-0.1, -0.05) is 12.1 Å². The first kappa shape index (κ1) is 25.8. The Hall–Kier alpha value is -3.30. The summed E-state index contributed by atoms with van der Waals surface area (Å²) in [4.78, 5) is -0.585. The number of halogens is 5. The van der Waals surface area contributed by atoms with Crippen LogP contribution in [0.1, 0.15) is 12.0 Å². The van der Waals surface area contributed by atoms with Gasteiger partial charge in [0.05, 0.1) is 22.7 Å². The van der Waals surface area contributed by atoms with E-state index in [2.05, 4.69) is 0 Å². The van der Waals surface area contributed by atoms with E-state index in [1.807, 2.05) is 5.40 Å². The summed E-state index contributed by atoms with van der Waals surface area (Å²) in [7, 11) is -4.53. The van der Waals surface area contributed by atoms with Gasteiger partial charge in [-0.2, -0.15) is 18.4 Å². The van der Waals surface area contributed by atoms with Gasteiger partial charge >= 0.3 is 6.18 Å². The molecule has 0 saturated carbocycles. The van der Waals surface area contributed by atoms with Crippen LogP contribution in [-0.2, 0) is 16.2 Å². The molecule has 0 fully saturated rings. The Morgan fingerprint density at radius 2 is 1.86 bits per heavy atom. The molecule has 0 amide bonds. The minimum atomic E-state index is -4.76. The van der Waals surface area contributed by atoms with Crippen molar-refractivity contribution in [1.82, 2.24) is 0 Å². The molecule has 1 atom stereocenters. The first-order valence-electron chi connectivity index (χ1n) is 10.5. The molecule has 0 aromatic heterocycles. The third-order valence-corrected chi connectivity index (χ3v) is 7.83. The number of nitrogens with zero attached hydrogens (tertiary/aromatic N) is 2. The molecular formula is C24H17F5N2O3S2. The van der Waals surface area contributed by atoms with Crippen molar-refractivity contribution in [3.8, 4) is 22.3 Å². The number of thioether (sulfide) groups is 1. The Morgan fingerprint density at radius 1 is 1.08 bits per heavy atom. The quantitative estimate of drug-likeness (QED) is 0.211. The van der Waals surface area contributed by atoms with E-state index in [4.69, 9.17) is 10.00 Å². The largest absolute Gasteiger partial charge is 0.486 e. The van der Waals surface area contributed by atoms with E-state index in [-0.39, 0.29) is 35.5 Å². The molecule has 0 N–H and O–H groups in total. The van der Waals surface area contributed by atoms with E-state index in [1.165, 1.54) is 18.2 Å². The van der Waals surface area contributed by atoms with Crippen LogP contribution in [-0.4, -0.2) is 26.8 Å². The lowest BCUT2D eigenvalue weighted by molar-refractivity contribution is -0.137. The van der Waals surface area contributed by atoms with Gasteiger partial charge in [-0.15, -0.1) is 0 Å². The Balaban J connectivity index is 1.82. The lowest BCUT2D eigenvalue weighted by atomic mass is 10.0. The Labute approximate surface area is 208 Å². The maximum absolute atomic E-state index is 14.4. The van der Waals surface area contributed by atoms with Crippen molar-refractivity contribution in [2.45, 2.75) is 23.6 Å². The summed E-state index contributed by atoms with van der Waals surface area (Å²) in [6.07, 6.45) is -5.17. The number of benzene rings is 3. The predicted octanol–water partition coefficient (Wildman–Crippen LogP) is 6.21. The zero-order valence-electron chi connectivity index (χ0n) is 18.3. The lowest BCUT2D eigenvalue weighted by Crippen LogP contribution is -2.43. The van der Waals surface area contributed by atoms with Crippen LogP contribution in [0.25, 0.3) is 11.1 Å². The molecule has 36 heavy (non-hydrogen) atoms. The molecule has 5 nitrogen and oxygen atoms in total. The van der Waals surface area contributed by atoms with Gasteiger partial charge in [0.2, 0.25) is 0 Å². The SMILES string of the molecule is N#CSCC[C@H]1CN(S(=O)(=O)c2cccc(C(F)(F)F)c2)c2cc(-c3cc(F)ccc3F)ccc2O1. The fourth-order valence-corrected chi connectivity index (χ4v) is 5.79. The maximum Gasteiger partial charge on any atom is 0.416 e. The number of sulfonamides is 1. The molecule has 1 aliphatic rings. The number of ether oxygens (including phenoxy) is 1. The van der Waals surface area contributed by atoms with Crippen molar-refractivity contribution in [2.75, 3.05) is 16.6 Å². The standard InChI is InChI=1S/C24H17F5N2O3S2/c25-17-5-6-21(26)20(12-17)15-4-7-23-22(10-15)31(13-18(34-23)8-9-35-14-30)36(32,33)19-3-1-2-16(11-19)24(27,28)29/h1-7,10-12,18H,8-9,13H2/t18-/m0/s1. The maximum atomic E-state index is 14.4. The van der Waals surface area contributed by atoms with Gasteiger partial charge in [0.1, 0.15) is 28.9 Å². The average molecular weight is 541 g/mol. The summed E-state index contributed by atoms with van der Waals surface area (Å²) in [6.45, 7) is -0.257.